The van der Waals surface area contributed by atoms with Crippen molar-refractivity contribution in [1.82, 2.24) is 8.96 Å². The number of ether oxygens (including phenoxy) is 1. The number of rotatable bonds is 4. The first-order valence-corrected chi connectivity index (χ1v) is 9.76. The molecule has 6 nitrogen and oxygen atoms in total. The smallest absolute Gasteiger partial charge is 0.269 e. The van der Waals surface area contributed by atoms with Crippen LogP contribution in [0.15, 0.2) is 47.5 Å². The quantitative estimate of drug-likeness (QED) is 0.667. The minimum Gasteiger partial charge on any atom is -0.481 e. The average molecular weight is 404 g/mol. The molecule has 0 radical (unpaired) electrons. The molecular weight excluding hydrogens is 390 g/mol. The van der Waals surface area contributed by atoms with Gasteiger partial charge in [0.05, 0.1) is 19.0 Å². The minimum atomic E-state index is -4.19. The van der Waals surface area contributed by atoms with E-state index in [9.17, 15) is 22.0 Å². The minimum absolute atomic E-state index is 0.0358. The van der Waals surface area contributed by atoms with Gasteiger partial charge in [0.1, 0.15) is 16.5 Å². The molecule has 1 aromatic carbocycles. The molecule has 1 aliphatic carbocycles. The normalized spacial score (nSPS) is 13.6. The van der Waals surface area contributed by atoms with Crippen molar-refractivity contribution in [2.45, 2.75) is 17.7 Å². The Morgan fingerprint density at radius 2 is 1.86 bits per heavy atom. The van der Waals surface area contributed by atoms with Crippen LogP contribution in [0.3, 0.4) is 0 Å². The van der Waals surface area contributed by atoms with Gasteiger partial charge in [0.2, 0.25) is 5.88 Å². The largest absolute Gasteiger partial charge is 0.481 e. The van der Waals surface area contributed by atoms with E-state index >= 15 is 0 Å². The number of ketones is 1. The number of fused-ring (bicyclic) bond motifs is 1. The Morgan fingerprint density at radius 1 is 1.07 bits per heavy atom. The fourth-order valence-corrected chi connectivity index (χ4v) is 4.81. The van der Waals surface area contributed by atoms with Crippen molar-refractivity contribution in [3.63, 3.8) is 0 Å². The molecule has 0 saturated heterocycles. The maximum atomic E-state index is 14.4. The van der Waals surface area contributed by atoms with E-state index in [1.54, 1.807) is 0 Å². The standard InChI is InChI=1S/C19H14F2N2O4S/c1-27-19-7-3-12(10-22-19)28(25,26)23-16-5-6-18(24)14(16)9-17(23)13-4-2-11(20)8-15(13)21/h2-4,7-10H,5-6H2,1H3. The number of hydrogen-bond acceptors (Lipinski definition) is 5. The Balaban J connectivity index is 1.97. The number of nitrogens with zero attached hydrogens (tertiary/aromatic N) is 2. The first kappa shape index (κ1) is 18.3. The molecule has 0 atom stereocenters. The summed E-state index contributed by atoms with van der Waals surface area (Å²) in [6, 6.07) is 6.90. The number of halogens is 2. The molecule has 0 bridgehead atoms. The van der Waals surface area contributed by atoms with Crippen molar-refractivity contribution in [3.05, 3.63) is 65.5 Å². The number of pyridine rings is 1. The van der Waals surface area contributed by atoms with Crippen LogP contribution in [0.25, 0.3) is 11.3 Å². The third kappa shape index (κ3) is 2.78. The van der Waals surface area contributed by atoms with Crippen LogP contribution < -0.4 is 4.74 Å². The highest BCUT2D eigenvalue weighted by Crippen LogP contribution is 2.36. The second-order valence-electron chi connectivity index (χ2n) is 6.24. The summed E-state index contributed by atoms with van der Waals surface area (Å²) in [5, 5.41) is 0. The second kappa shape index (κ2) is 6.52. The zero-order valence-electron chi connectivity index (χ0n) is 14.6. The zero-order chi connectivity index (χ0) is 20.1. The molecule has 28 heavy (non-hydrogen) atoms. The number of hydrogen-bond donors (Lipinski definition) is 0. The molecule has 4 rings (SSSR count). The van der Waals surface area contributed by atoms with Crippen LogP contribution in [0.4, 0.5) is 8.78 Å². The van der Waals surface area contributed by atoms with E-state index in [1.165, 1.54) is 25.3 Å². The van der Waals surface area contributed by atoms with E-state index in [2.05, 4.69) is 4.98 Å². The Morgan fingerprint density at radius 3 is 2.50 bits per heavy atom. The van der Waals surface area contributed by atoms with Crippen LogP contribution >= 0.6 is 0 Å². The lowest BCUT2D eigenvalue weighted by Crippen LogP contribution is -2.17. The summed E-state index contributed by atoms with van der Waals surface area (Å²) < 4.78 is 60.2. The van der Waals surface area contributed by atoms with Crippen molar-refractivity contribution in [1.29, 1.82) is 0 Å². The molecule has 1 aliphatic rings. The Bertz CT molecular complexity index is 1200. The maximum absolute atomic E-state index is 14.4. The van der Waals surface area contributed by atoms with Crippen molar-refractivity contribution in [3.8, 4) is 17.1 Å². The van der Waals surface area contributed by atoms with Crippen molar-refractivity contribution in [2.24, 2.45) is 0 Å². The summed E-state index contributed by atoms with van der Waals surface area (Å²) in [5.41, 5.74) is 0.350. The van der Waals surface area contributed by atoms with Gasteiger partial charge in [-0.3, -0.25) is 4.79 Å². The number of carbonyl (C=O) groups is 1. The highest BCUT2D eigenvalue weighted by Gasteiger charge is 2.33. The van der Waals surface area contributed by atoms with Gasteiger partial charge in [-0.15, -0.1) is 0 Å². The lowest BCUT2D eigenvalue weighted by molar-refractivity contribution is 0.0994. The van der Waals surface area contributed by atoms with E-state index in [0.717, 1.165) is 22.3 Å². The van der Waals surface area contributed by atoms with Crippen LogP contribution in [0.5, 0.6) is 5.88 Å². The monoisotopic (exact) mass is 404 g/mol. The third-order valence-electron chi connectivity index (χ3n) is 4.61. The van der Waals surface area contributed by atoms with E-state index in [4.69, 9.17) is 4.74 Å². The molecule has 0 amide bonds. The number of methoxy groups -OCH3 is 1. The van der Waals surface area contributed by atoms with Crippen molar-refractivity contribution >= 4 is 15.8 Å². The van der Waals surface area contributed by atoms with Gasteiger partial charge in [-0.2, -0.15) is 0 Å². The molecule has 9 heteroatoms. The Kier molecular flexibility index (Phi) is 4.26. The predicted octanol–water partition coefficient (Wildman–Crippen LogP) is 3.20. The number of aromatic nitrogens is 2. The van der Waals surface area contributed by atoms with Gasteiger partial charge in [-0.25, -0.2) is 26.2 Å². The van der Waals surface area contributed by atoms with Crippen LogP contribution in [0, 0.1) is 11.6 Å². The molecular formula is C19H14F2N2O4S. The van der Waals surface area contributed by atoms with Gasteiger partial charge >= 0.3 is 0 Å². The van der Waals surface area contributed by atoms with E-state index in [0.29, 0.717) is 6.07 Å². The highest BCUT2D eigenvalue weighted by molar-refractivity contribution is 7.90. The average Bonchev–Trinajstić information content (AvgIpc) is 3.22. The van der Waals surface area contributed by atoms with Gasteiger partial charge in [-0.1, -0.05) is 0 Å². The molecule has 2 aromatic heterocycles. The summed E-state index contributed by atoms with van der Waals surface area (Å²) in [6.07, 6.45) is 1.51. The highest BCUT2D eigenvalue weighted by atomic mass is 32.2. The fraction of sp³-hybridized carbons (Fsp3) is 0.158. The summed E-state index contributed by atoms with van der Waals surface area (Å²) in [6.45, 7) is 0. The molecule has 2 heterocycles. The fourth-order valence-electron chi connectivity index (χ4n) is 3.28. The SMILES string of the molecule is COc1ccc(S(=O)(=O)n2c(-c3ccc(F)cc3F)cc3c2CCC3=O)cn1. The molecule has 0 unspecified atom stereocenters. The van der Waals surface area contributed by atoms with Crippen LogP contribution in [0.2, 0.25) is 0 Å². The molecule has 0 saturated carbocycles. The molecule has 144 valence electrons. The van der Waals surface area contributed by atoms with Gasteiger partial charge in [0.25, 0.3) is 10.0 Å². The lowest BCUT2D eigenvalue weighted by Gasteiger charge is -2.14. The zero-order valence-corrected chi connectivity index (χ0v) is 15.5. The summed E-state index contributed by atoms with van der Waals surface area (Å²) >= 11 is 0. The molecule has 0 spiro atoms. The van der Waals surface area contributed by atoms with Crippen molar-refractivity contribution in [2.75, 3.05) is 7.11 Å². The second-order valence-corrected chi connectivity index (χ2v) is 8.03. The first-order chi connectivity index (χ1) is 13.3. The van der Waals surface area contributed by atoms with Gasteiger partial charge in [0, 0.05) is 35.4 Å². The van der Waals surface area contributed by atoms with Crippen LogP contribution in [-0.2, 0) is 16.4 Å². The number of carbonyl (C=O) groups excluding carboxylic acids is 1. The lowest BCUT2D eigenvalue weighted by atomic mass is 10.1. The summed E-state index contributed by atoms with van der Waals surface area (Å²) in [4.78, 5) is 15.9. The van der Waals surface area contributed by atoms with Gasteiger partial charge in [0.15, 0.2) is 5.78 Å². The molecule has 3 aromatic rings. The maximum Gasteiger partial charge on any atom is 0.269 e. The first-order valence-electron chi connectivity index (χ1n) is 8.32. The Hall–Kier alpha value is -3.07. The molecule has 0 fully saturated rings. The molecule has 0 aliphatic heterocycles. The van der Waals surface area contributed by atoms with Crippen LogP contribution in [-0.4, -0.2) is 30.3 Å². The van der Waals surface area contributed by atoms with Gasteiger partial charge in [-0.05, 0) is 30.7 Å². The number of benzene rings is 1. The van der Waals surface area contributed by atoms with Crippen molar-refractivity contribution < 1.29 is 26.7 Å². The summed E-state index contributed by atoms with van der Waals surface area (Å²) in [7, 11) is -2.79. The van der Waals surface area contributed by atoms with E-state index in [1.807, 2.05) is 0 Å². The van der Waals surface area contributed by atoms with E-state index < -0.39 is 21.7 Å². The van der Waals surface area contributed by atoms with Gasteiger partial charge < -0.3 is 4.74 Å². The third-order valence-corrected chi connectivity index (χ3v) is 6.34. The van der Waals surface area contributed by atoms with E-state index in [-0.39, 0.29) is 51.9 Å². The molecule has 0 N–H and O–H groups in total. The number of Topliss-reactive ketones (excluding diaryl/α,β-unsaturated/α-hetero) is 1. The Labute approximate surface area is 159 Å². The summed E-state index contributed by atoms with van der Waals surface area (Å²) in [5.74, 6) is -1.70. The topological polar surface area (TPSA) is 78.3 Å². The predicted molar refractivity (Wildman–Crippen MR) is 95.8 cm³/mol. The van der Waals surface area contributed by atoms with Crippen LogP contribution in [0.1, 0.15) is 22.5 Å².